The molecule has 8 heavy (non-hydrogen) atoms. The van der Waals surface area contributed by atoms with Crippen LogP contribution >= 0.6 is 0 Å². The first kappa shape index (κ1) is 7.12. The summed E-state index contributed by atoms with van der Waals surface area (Å²) in [5, 5.41) is 0. The molecule has 0 aliphatic carbocycles. The van der Waals surface area contributed by atoms with E-state index in [1.54, 1.807) is 6.92 Å². The van der Waals surface area contributed by atoms with Crippen LogP contribution in [0, 0.1) is 36.5 Å². The smallest absolute Gasteiger partial charge is 0.0185 e. The van der Waals surface area contributed by atoms with Crippen LogP contribution in [0.4, 0.5) is 0 Å². The van der Waals surface area contributed by atoms with Gasteiger partial charge in [-0.3, -0.25) is 0 Å². The number of hydrogen-bond acceptors (Lipinski definition) is 0. The lowest BCUT2D eigenvalue weighted by atomic mass is 10.2. The van der Waals surface area contributed by atoms with Crippen molar-refractivity contribution in [2.75, 3.05) is 0 Å². The van der Waals surface area contributed by atoms with E-state index < -0.39 is 0 Å². The van der Waals surface area contributed by atoms with Crippen molar-refractivity contribution < 1.29 is 0 Å². The summed E-state index contributed by atoms with van der Waals surface area (Å²) in [6.45, 7) is 7.37. The Morgan fingerprint density at radius 1 is 1.38 bits per heavy atom. The molecule has 0 heterocycles. The highest BCUT2D eigenvalue weighted by atomic mass is 13.8. The zero-order valence-corrected chi connectivity index (χ0v) is 5.28. The number of hydrogen-bond donors (Lipinski definition) is 0. The Hall–Kier alpha value is -0.880. The summed E-state index contributed by atoms with van der Waals surface area (Å²) in [5.74, 6) is 11.0. The summed E-state index contributed by atoms with van der Waals surface area (Å²) in [7, 11) is 0. The first-order valence-corrected chi connectivity index (χ1v) is 2.52. The minimum absolute atomic E-state index is 0.191. The van der Waals surface area contributed by atoms with Crippen LogP contribution in [-0.2, 0) is 0 Å². The predicted octanol–water partition coefficient (Wildman–Crippen LogP) is 1.48. The lowest BCUT2D eigenvalue weighted by Crippen LogP contribution is -1.76. The van der Waals surface area contributed by atoms with Crippen LogP contribution in [-0.4, -0.2) is 0 Å². The van der Waals surface area contributed by atoms with Crippen molar-refractivity contribution in [3.63, 3.8) is 0 Å². The van der Waals surface area contributed by atoms with Gasteiger partial charge in [-0.15, -0.1) is 0 Å². The van der Waals surface area contributed by atoms with Crippen molar-refractivity contribution in [3.05, 3.63) is 6.92 Å². The van der Waals surface area contributed by atoms with Crippen LogP contribution in [0.2, 0.25) is 0 Å². The lowest BCUT2D eigenvalue weighted by molar-refractivity contribution is 0.978. The Morgan fingerprint density at radius 3 is 2.38 bits per heavy atom. The minimum atomic E-state index is 0.191. The molecule has 0 aromatic rings. The van der Waals surface area contributed by atoms with E-state index in [0.29, 0.717) is 0 Å². The lowest BCUT2D eigenvalue weighted by Gasteiger charge is -1.81. The van der Waals surface area contributed by atoms with Gasteiger partial charge in [0.15, 0.2) is 0 Å². The van der Waals surface area contributed by atoms with E-state index in [1.807, 2.05) is 6.92 Å². The molecule has 0 fully saturated rings. The Bertz CT molecular complexity index is 154. The molecule has 0 nitrogen and oxygen atoms in total. The van der Waals surface area contributed by atoms with Crippen LogP contribution in [0.25, 0.3) is 0 Å². The van der Waals surface area contributed by atoms with E-state index in [1.165, 1.54) is 0 Å². The summed E-state index contributed by atoms with van der Waals surface area (Å²) in [5.41, 5.74) is 0. The molecule has 0 aromatic heterocycles. The fraction of sp³-hybridized carbons (Fsp3) is 0.375. The van der Waals surface area contributed by atoms with Crippen LogP contribution in [0.1, 0.15) is 13.8 Å². The van der Waals surface area contributed by atoms with Crippen LogP contribution in [0.3, 0.4) is 0 Å². The molecule has 0 aromatic carbocycles. The molecule has 0 aliphatic heterocycles. The van der Waals surface area contributed by atoms with E-state index in [-0.39, 0.29) is 5.92 Å². The molecular weight excluding hydrogens is 96.1 g/mol. The van der Waals surface area contributed by atoms with Gasteiger partial charge in [0.1, 0.15) is 0 Å². The molecule has 0 N–H and O–H groups in total. The molecule has 1 atom stereocenters. The third kappa shape index (κ3) is 5.12. The van der Waals surface area contributed by atoms with Gasteiger partial charge in [0.05, 0.1) is 0 Å². The minimum Gasteiger partial charge on any atom is -0.0925 e. The van der Waals surface area contributed by atoms with Crippen molar-refractivity contribution in [1.82, 2.24) is 0 Å². The summed E-state index contributed by atoms with van der Waals surface area (Å²) in [6, 6.07) is 0. The average Bonchev–Trinajstić information content (AvgIpc) is 1.66. The summed E-state index contributed by atoms with van der Waals surface area (Å²) < 4.78 is 0. The Balaban J connectivity index is 3.62. The summed E-state index contributed by atoms with van der Waals surface area (Å²) >= 11 is 0. The SMILES string of the molecule is [CH2]C(C)C#CC#CC. The molecule has 0 bridgehead atoms. The van der Waals surface area contributed by atoms with Gasteiger partial charge in [-0.05, 0) is 25.7 Å². The monoisotopic (exact) mass is 105 g/mol. The fourth-order valence-electron chi connectivity index (χ4n) is 0.222. The largest absolute Gasteiger partial charge is 0.0925 e. The second-order valence-electron chi connectivity index (χ2n) is 1.55. The maximum atomic E-state index is 3.67. The van der Waals surface area contributed by atoms with Crippen LogP contribution < -0.4 is 0 Å². The standard InChI is InChI=1S/C8H9/c1-4-5-6-7-8(2)3/h8H,2H2,1,3H3. The third-order valence-electron chi connectivity index (χ3n) is 0.506. The predicted molar refractivity (Wildman–Crippen MR) is 35.7 cm³/mol. The third-order valence-corrected chi connectivity index (χ3v) is 0.506. The Morgan fingerprint density at radius 2 is 2.00 bits per heavy atom. The van der Waals surface area contributed by atoms with Crippen LogP contribution in [0.5, 0.6) is 0 Å². The Kier molecular flexibility index (Phi) is 3.81. The van der Waals surface area contributed by atoms with E-state index in [0.717, 1.165) is 0 Å². The van der Waals surface area contributed by atoms with Gasteiger partial charge < -0.3 is 0 Å². The zero-order valence-electron chi connectivity index (χ0n) is 5.28. The molecule has 41 valence electrons. The van der Waals surface area contributed by atoms with Crippen molar-refractivity contribution in [2.24, 2.45) is 5.92 Å². The van der Waals surface area contributed by atoms with Gasteiger partial charge in [-0.1, -0.05) is 18.8 Å². The van der Waals surface area contributed by atoms with Crippen molar-refractivity contribution >= 4 is 0 Å². The Labute approximate surface area is 51.3 Å². The second kappa shape index (κ2) is 4.28. The van der Waals surface area contributed by atoms with E-state index in [4.69, 9.17) is 0 Å². The molecular formula is C8H9. The van der Waals surface area contributed by atoms with Gasteiger partial charge in [0, 0.05) is 5.92 Å². The highest BCUT2D eigenvalue weighted by Crippen LogP contribution is 1.82. The molecule has 0 amide bonds. The summed E-state index contributed by atoms with van der Waals surface area (Å²) in [6.07, 6.45) is 0. The molecule has 0 saturated carbocycles. The maximum Gasteiger partial charge on any atom is 0.0185 e. The summed E-state index contributed by atoms with van der Waals surface area (Å²) in [4.78, 5) is 0. The van der Waals surface area contributed by atoms with Gasteiger partial charge in [-0.25, -0.2) is 0 Å². The molecule has 0 heteroatoms. The zero-order chi connectivity index (χ0) is 6.41. The molecule has 0 aliphatic rings. The number of rotatable bonds is 0. The maximum absolute atomic E-state index is 3.67. The fourth-order valence-corrected chi connectivity index (χ4v) is 0.222. The molecule has 1 radical (unpaired) electrons. The van der Waals surface area contributed by atoms with Gasteiger partial charge in [-0.2, -0.15) is 0 Å². The van der Waals surface area contributed by atoms with Crippen molar-refractivity contribution in [3.8, 4) is 23.7 Å². The van der Waals surface area contributed by atoms with E-state index in [2.05, 4.69) is 30.6 Å². The quantitative estimate of drug-likeness (QED) is 0.409. The second-order valence-corrected chi connectivity index (χ2v) is 1.55. The van der Waals surface area contributed by atoms with Crippen molar-refractivity contribution in [2.45, 2.75) is 13.8 Å². The first-order valence-electron chi connectivity index (χ1n) is 2.52. The van der Waals surface area contributed by atoms with Gasteiger partial charge in [0.25, 0.3) is 0 Å². The first-order chi connectivity index (χ1) is 3.77. The normalized spacial score (nSPS) is 6.50. The molecule has 0 rings (SSSR count). The molecule has 1 unspecified atom stereocenters. The van der Waals surface area contributed by atoms with Crippen LogP contribution in [0.15, 0.2) is 0 Å². The van der Waals surface area contributed by atoms with Gasteiger partial charge >= 0.3 is 0 Å². The molecule has 0 spiro atoms. The topological polar surface area (TPSA) is 0 Å². The highest BCUT2D eigenvalue weighted by molar-refractivity contribution is 5.25. The van der Waals surface area contributed by atoms with Gasteiger partial charge in [0.2, 0.25) is 0 Å². The van der Waals surface area contributed by atoms with Crippen molar-refractivity contribution in [1.29, 1.82) is 0 Å². The highest BCUT2D eigenvalue weighted by Gasteiger charge is 1.77. The molecule has 0 saturated heterocycles. The average molecular weight is 105 g/mol. The van der Waals surface area contributed by atoms with E-state index in [9.17, 15) is 0 Å². The van der Waals surface area contributed by atoms with E-state index >= 15 is 0 Å².